The van der Waals surface area contributed by atoms with Crippen molar-refractivity contribution in [2.75, 3.05) is 19.0 Å². The number of ketones is 1. The summed E-state index contributed by atoms with van der Waals surface area (Å²) >= 11 is 2.20. The van der Waals surface area contributed by atoms with Crippen molar-refractivity contribution in [1.82, 2.24) is 4.98 Å². The lowest BCUT2D eigenvalue weighted by Crippen LogP contribution is -2.11. The highest BCUT2D eigenvalue weighted by Crippen LogP contribution is 2.14. The molecule has 92 valence electrons. The highest BCUT2D eigenvalue weighted by Gasteiger charge is 2.10. The number of carbonyl (C=O) groups excluding carboxylic acids is 1. The van der Waals surface area contributed by atoms with E-state index in [1.807, 2.05) is 55.4 Å². The van der Waals surface area contributed by atoms with Crippen LogP contribution in [0, 0.1) is 3.57 Å². The van der Waals surface area contributed by atoms with Crippen LogP contribution in [0.5, 0.6) is 0 Å². The van der Waals surface area contributed by atoms with E-state index in [9.17, 15) is 4.79 Å². The van der Waals surface area contributed by atoms with Gasteiger partial charge in [-0.15, -0.1) is 0 Å². The maximum absolute atomic E-state index is 12.2. The zero-order valence-electron chi connectivity index (χ0n) is 10.2. The second-order valence-corrected chi connectivity index (χ2v) is 5.38. The SMILES string of the molecule is CN(C)c1ccc(C(=O)c2cccc(I)c2)cn1. The molecular formula is C14H13IN2O. The second-order valence-electron chi connectivity index (χ2n) is 4.14. The summed E-state index contributed by atoms with van der Waals surface area (Å²) in [6.07, 6.45) is 1.62. The van der Waals surface area contributed by atoms with Gasteiger partial charge in [0.05, 0.1) is 0 Å². The van der Waals surface area contributed by atoms with E-state index in [4.69, 9.17) is 0 Å². The summed E-state index contributed by atoms with van der Waals surface area (Å²) in [6.45, 7) is 0. The highest BCUT2D eigenvalue weighted by atomic mass is 127. The van der Waals surface area contributed by atoms with Crippen molar-refractivity contribution in [3.63, 3.8) is 0 Å². The van der Waals surface area contributed by atoms with Crippen molar-refractivity contribution < 1.29 is 4.79 Å². The Bertz CT molecular complexity index is 564. The van der Waals surface area contributed by atoms with Gasteiger partial charge in [0.1, 0.15) is 5.82 Å². The molecule has 0 bridgehead atoms. The van der Waals surface area contributed by atoms with Crippen LogP contribution in [0.15, 0.2) is 42.6 Å². The van der Waals surface area contributed by atoms with Gasteiger partial charge in [0.2, 0.25) is 0 Å². The maximum atomic E-state index is 12.2. The molecule has 1 aromatic carbocycles. The molecule has 4 heteroatoms. The van der Waals surface area contributed by atoms with Crippen LogP contribution in [-0.2, 0) is 0 Å². The summed E-state index contributed by atoms with van der Waals surface area (Å²) in [5.41, 5.74) is 1.31. The number of nitrogens with zero attached hydrogens (tertiary/aromatic N) is 2. The smallest absolute Gasteiger partial charge is 0.194 e. The maximum Gasteiger partial charge on any atom is 0.194 e. The summed E-state index contributed by atoms with van der Waals surface area (Å²) in [6, 6.07) is 11.2. The van der Waals surface area contributed by atoms with E-state index >= 15 is 0 Å². The number of rotatable bonds is 3. The Morgan fingerprint density at radius 2 is 1.94 bits per heavy atom. The summed E-state index contributed by atoms with van der Waals surface area (Å²) in [7, 11) is 3.84. The molecule has 3 nitrogen and oxygen atoms in total. The van der Waals surface area contributed by atoms with Crippen LogP contribution < -0.4 is 4.90 Å². The first kappa shape index (κ1) is 13.0. The Morgan fingerprint density at radius 1 is 1.17 bits per heavy atom. The first-order valence-electron chi connectivity index (χ1n) is 5.51. The molecule has 18 heavy (non-hydrogen) atoms. The van der Waals surface area contributed by atoms with Crippen LogP contribution in [-0.4, -0.2) is 24.9 Å². The van der Waals surface area contributed by atoms with Crippen molar-refractivity contribution in [2.45, 2.75) is 0 Å². The minimum Gasteiger partial charge on any atom is -0.363 e. The van der Waals surface area contributed by atoms with Crippen LogP contribution in [0.1, 0.15) is 15.9 Å². The highest BCUT2D eigenvalue weighted by molar-refractivity contribution is 14.1. The topological polar surface area (TPSA) is 33.2 Å². The van der Waals surface area contributed by atoms with Crippen LogP contribution in [0.2, 0.25) is 0 Å². The van der Waals surface area contributed by atoms with Gasteiger partial charge >= 0.3 is 0 Å². The van der Waals surface area contributed by atoms with Gasteiger partial charge in [-0.2, -0.15) is 0 Å². The van der Waals surface area contributed by atoms with Gasteiger partial charge in [-0.05, 0) is 46.9 Å². The molecule has 2 aromatic rings. The van der Waals surface area contributed by atoms with Gasteiger partial charge in [0.15, 0.2) is 5.78 Å². The minimum absolute atomic E-state index is 0.00585. The van der Waals surface area contributed by atoms with E-state index in [0.717, 1.165) is 9.39 Å². The van der Waals surface area contributed by atoms with Gasteiger partial charge in [0, 0.05) is 35.0 Å². The fourth-order valence-corrected chi connectivity index (χ4v) is 2.12. The number of halogens is 1. The predicted molar refractivity (Wildman–Crippen MR) is 81.2 cm³/mol. The lowest BCUT2D eigenvalue weighted by atomic mass is 10.1. The summed E-state index contributed by atoms with van der Waals surface area (Å²) < 4.78 is 1.05. The fraction of sp³-hybridized carbons (Fsp3) is 0.143. The van der Waals surface area contributed by atoms with E-state index < -0.39 is 0 Å². The first-order valence-corrected chi connectivity index (χ1v) is 6.59. The fourth-order valence-electron chi connectivity index (χ4n) is 1.58. The molecule has 0 fully saturated rings. The van der Waals surface area contributed by atoms with Crippen molar-refractivity contribution in [3.05, 3.63) is 57.3 Å². The molecule has 2 rings (SSSR count). The summed E-state index contributed by atoms with van der Waals surface area (Å²) in [5, 5.41) is 0. The van der Waals surface area contributed by atoms with Gasteiger partial charge in [-0.1, -0.05) is 12.1 Å². The molecule has 0 saturated carbocycles. The zero-order chi connectivity index (χ0) is 13.1. The molecule has 0 saturated heterocycles. The monoisotopic (exact) mass is 352 g/mol. The Balaban J connectivity index is 2.29. The third-order valence-corrected chi connectivity index (χ3v) is 3.23. The minimum atomic E-state index is 0.00585. The Kier molecular flexibility index (Phi) is 3.96. The van der Waals surface area contributed by atoms with E-state index in [2.05, 4.69) is 27.6 Å². The number of carbonyl (C=O) groups is 1. The van der Waals surface area contributed by atoms with E-state index in [0.29, 0.717) is 11.1 Å². The summed E-state index contributed by atoms with van der Waals surface area (Å²) in [5.74, 6) is 0.848. The first-order chi connectivity index (χ1) is 8.58. The number of hydrogen-bond donors (Lipinski definition) is 0. The molecule has 0 radical (unpaired) electrons. The van der Waals surface area contributed by atoms with Crippen LogP contribution in [0.25, 0.3) is 0 Å². The second kappa shape index (κ2) is 5.48. The Morgan fingerprint density at radius 3 is 2.50 bits per heavy atom. The standard InChI is InChI=1S/C14H13IN2O/c1-17(2)13-7-6-11(9-16-13)14(18)10-4-3-5-12(15)8-10/h3-9H,1-2H3. The van der Waals surface area contributed by atoms with Crippen LogP contribution in [0.3, 0.4) is 0 Å². The number of aromatic nitrogens is 1. The number of anilines is 1. The quantitative estimate of drug-likeness (QED) is 0.629. The largest absolute Gasteiger partial charge is 0.363 e. The van der Waals surface area contributed by atoms with Crippen molar-refractivity contribution in [1.29, 1.82) is 0 Å². The Labute approximate surface area is 120 Å². The molecule has 1 heterocycles. The molecular weight excluding hydrogens is 339 g/mol. The Hall–Kier alpha value is -1.43. The number of hydrogen-bond acceptors (Lipinski definition) is 3. The average Bonchev–Trinajstić information content (AvgIpc) is 2.38. The van der Waals surface area contributed by atoms with E-state index in [-0.39, 0.29) is 5.78 Å². The number of benzene rings is 1. The van der Waals surface area contributed by atoms with Crippen LogP contribution in [0.4, 0.5) is 5.82 Å². The lowest BCUT2D eigenvalue weighted by Gasteiger charge is -2.10. The molecule has 1 aromatic heterocycles. The molecule has 0 atom stereocenters. The van der Waals surface area contributed by atoms with Gasteiger partial charge < -0.3 is 4.90 Å². The molecule has 0 aliphatic carbocycles. The molecule has 0 amide bonds. The van der Waals surface area contributed by atoms with Gasteiger partial charge in [-0.3, -0.25) is 4.79 Å². The third-order valence-electron chi connectivity index (χ3n) is 2.56. The molecule has 0 unspecified atom stereocenters. The zero-order valence-corrected chi connectivity index (χ0v) is 12.4. The molecule has 0 aliphatic heterocycles. The predicted octanol–water partition coefficient (Wildman–Crippen LogP) is 2.98. The normalized spacial score (nSPS) is 10.2. The number of pyridine rings is 1. The van der Waals surface area contributed by atoms with Crippen molar-refractivity contribution >= 4 is 34.2 Å². The van der Waals surface area contributed by atoms with Crippen LogP contribution >= 0.6 is 22.6 Å². The van der Waals surface area contributed by atoms with Crippen molar-refractivity contribution in [2.24, 2.45) is 0 Å². The van der Waals surface area contributed by atoms with Crippen molar-refractivity contribution in [3.8, 4) is 0 Å². The third kappa shape index (κ3) is 2.87. The average molecular weight is 352 g/mol. The lowest BCUT2D eigenvalue weighted by molar-refractivity contribution is 0.103. The van der Waals surface area contributed by atoms with E-state index in [1.54, 1.807) is 6.20 Å². The molecule has 0 aliphatic rings. The molecule has 0 N–H and O–H groups in total. The van der Waals surface area contributed by atoms with Gasteiger partial charge in [-0.25, -0.2) is 4.98 Å². The van der Waals surface area contributed by atoms with E-state index in [1.165, 1.54) is 0 Å². The summed E-state index contributed by atoms with van der Waals surface area (Å²) in [4.78, 5) is 18.4. The van der Waals surface area contributed by atoms with Gasteiger partial charge in [0.25, 0.3) is 0 Å². The molecule has 0 spiro atoms.